The molecule has 0 atom stereocenters. The number of aromatic nitrogens is 7. The van der Waals surface area contributed by atoms with E-state index < -0.39 is 0 Å². The quantitative estimate of drug-likeness (QED) is 0.432. The van der Waals surface area contributed by atoms with E-state index in [0.717, 1.165) is 44.6 Å². The van der Waals surface area contributed by atoms with Gasteiger partial charge in [-0.1, -0.05) is 0 Å². The van der Waals surface area contributed by atoms with E-state index in [1.807, 2.05) is 37.9 Å². The van der Waals surface area contributed by atoms with Crippen LogP contribution in [0, 0.1) is 6.92 Å². The van der Waals surface area contributed by atoms with Gasteiger partial charge in [0.05, 0.1) is 29.3 Å². The van der Waals surface area contributed by atoms with Gasteiger partial charge in [-0.15, -0.1) is 11.3 Å². The fraction of sp³-hybridized carbons (Fsp3) is 0.0909. The second kappa shape index (κ2) is 6.36. The Morgan fingerprint density at radius 3 is 2.77 bits per heavy atom. The van der Waals surface area contributed by atoms with Gasteiger partial charge in [-0.05, 0) is 37.3 Å². The molecule has 0 amide bonds. The Morgan fingerprint density at radius 1 is 1.03 bits per heavy atom. The molecule has 7 nitrogen and oxygen atoms in total. The summed E-state index contributed by atoms with van der Waals surface area (Å²) < 4.78 is 1.77. The Kier molecular flexibility index (Phi) is 3.63. The lowest BCUT2D eigenvalue weighted by molar-refractivity contribution is 0.768. The highest BCUT2D eigenvalue weighted by Gasteiger charge is 2.16. The minimum atomic E-state index is 0.851. The molecule has 0 aliphatic rings. The van der Waals surface area contributed by atoms with Crippen molar-refractivity contribution in [2.75, 3.05) is 0 Å². The summed E-state index contributed by atoms with van der Waals surface area (Å²) in [7, 11) is 1.90. The van der Waals surface area contributed by atoms with Crippen LogP contribution in [0.1, 0.15) is 4.88 Å². The largest absolute Gasteiger partial charge is 0.338 e. The molecule has 2 N–H and O–H groups in total. The summed E-state index contributed by atoms with van der Waals surface area (Å²) in [6, 6.07) is 10.6. The van der Waals surface area contributed by atoms with Crippen molar-refractivity contribution in [3.8, 4) is 33.1 Å². The van der Waals surface area contributed by atoms with Gasteiger partial charge in [-0.3, -0.25) is 14.8 Å². The smallest absolute Gasteiger partial charge is 0.138 e. The Morgan fingerprint density at radius 2 is 1.97 bits per heavy atom. The standard InChI is InChI=1S/C22H17N7S/c1-12-3-4-20(30-12)14-5-6-23-22-15(14)7-18(26-22)21-16-8-17(13-9-25-29(2)11-13)24-10-19(16)27-28-21/h3-11H,1-2H3,(H,23,26)(H,27,28). The zero-order valence-corrected chi connectivity index (χ0v) is 17.2. The van der Waals surface area contributed by atoms with Gasteiger partial charge >= 0.3 is 0 Å². The molecular formula is C22H17N7S. The van der Waals surface area contributed by atoms with Crippen LogP contribution in [0.15, 0.2) is 55.1 Å². The summed E-state index contributed by atoms with van der Waals surface area (Å²) >= 11 is 1.79. The third kappa shape index (κ3) is 2.65. The average molecular weight is 411 g/mol. The molecule has 146 valence electrons. The van der Waals surface area contributed by atoms with E-state index in [9.17, 15) is 0 Å². The molecule has 0 bridgehead atoms. The van der Waals surface area contributed by atoms with Crippen LogP contribution >= 0.6 is 11.3 Å². The SMILES string of the molecule is Cc1ccc(-c2ccnc3[nH]c(-c4n[nH]c5cnc(-c6cnn(C)c6)cc45)cc23)s1. The third-order valence-corrected chi connectivity index (χ3v) is 6.27. The molecule has 6 rings (SSSR count). The van der Waals surface area contributed by atoms with Gasteiger partial charge in [0, 0.05) is 51.1 Å². The van der Waals surface area contributed by atoms with E-state index >= 15 is 0 Å². The molecule has 0 aromatic carbocycles. The van der Waals surface area contributed by atoms with Gasteiger partial charge in [0.15, 0.2) is 0 Å². The molecule has 6 heterocycles. The molecule has 0 fully saturated rings. The Hall–Kier alpha value is -3.78. The molecule has 6 aromatic heterocycles. The summed E-state index contributed by atoms with van der Waals surface area (Å²) in [5.41, 5.74) is 6.53. The maximum Gasteiger partial charge on any atom is 0.138 e. The molecule has 0 aliphatic carbocycles. The van der Waals surface area contributed by atoms with Crippen LogP contribution in [0.5, 0.6) is 0 Å². The summed E-state index contributed by atoms with van der Waals surface area (Å²) in [5.74, 6) is 0. The predicted octanol–water partition coefficient (Wildman–Crippen LogP) is 4.94. The Bertz CT molecular complexity index is 1530. The van der Waals surface area contributed by atoms with Crippen molar-refractivity contribution in [1.82, 2.24) is 34.9 Å². The lowest BCUT2D eigenvalue weighted by Gasteiger charge is -1.98. The van der Waals surface area contributed by atoms with E-state index in [1.54, 1.807) is 16.0 Å². The number of nitrogens with zero attached hydrogens (tertiary/aromatic N) is 5. The fourth-order valence-electron chi connectivity index (χ4n) is 3.78. The molecule has 0 spiro atoms. The number of fused-ring (bicyclic) bond motifs is 2. The first kappa shape index (κ1) is 17.1. The van der Waals surface area contributed by atoms with Crippen LogP contribution in [-0.4, -0.2) is 34.9 Å². The highest BCUT2D eigenvalue weighted by atomic mass is 32.1. The highest BCUT2D eigenvalue weighted by Crippen LogP contribution is 2.36. The minimum Gasteiger partial charge on any atom is -0.338 e. The lowest BCUT2D eigenvalue weighted by Crippen LogP contribution is -1.85. The fourth-order valence-corrected chi connectivity index (χ4v) is 4.69. The summed E-state index contributed by atoms with van der Waals surface area (Å²) in [4.78, 5) is 15.1. The first-order valence-corrected chi connectivity index (χ1v) is 10.4. The number of rotatable bonds is 3. The number of thiophene rings is 1. The van der Waals surface area contributed by atoms with Crippen LogP contribution in [0.2, 0.25) is 0 Å². The van der Waals surface area contributed by atoms with E-state index in [2.05, 4.69) is 61.4 Å². The van der Waals surface area contributed by atoms with E-state index in [4.69, 9.17) is 0 Å². The molecule has 0 saturated carbocycles. The third-order valence-electron chi connectivity index (χ3n) is 5.24. The number of H-pyrrole nitrogens is 2. The monoisotopic (exact) mass is 411 g/mol. The second-order valence-electron chi connectivity index (χ2n) is 7.30. The maximum absolute atomic E-state index is 4.57. The Balaban J connectivity index is 1.52. The van der Waals surface area contributed by atoms with Gasteiger partial charge in [-0.25, -0.2) is 4.98 Å². The number of pyridine rings is 2. The van der Waals surface area contributed by atoms with Gasteiger partial charge in [-0.2, -0.15) is 10.2 Å². The maximum atomic E-state index is 4.57. The van der Waals surface area contributed by atoms with Crippen LogP contribution in [-0.2, 0) is 7.05 Å². The highest BCUT2D eigenvalue weighted by molar-refractivity contribution is 7.15. The van der Waals surface area contributed by atoms with Crippen LogP contribution in [0.3, 0.4) is 0 Å². The van der Waals surface area contributed by atoms with E-state index in [0.29, 0.717) is 0 Å². The molecule has 30 heavy (non-hydrogen) atoms. The molecule has 6 aromatic rings. The molecule has 0 unspecified atom stereocenters. The minimum absolute atomic E-state index is 0.851. The van der Waals surface area contributed by atoms with Crippen LogP contribution < -0.4 is 0 Å². The van der Waals surface area contributed by atoms with Crippen molar-refractivity contribution >= 4 is 33.3 Å². The normalized spacial score (nSPS) is 11.7. The van der Waals surface area contributed by atoms with Crippen molar-refractivity contribution in [2.45, 2.75) is 6.92 Å². The van der Waals surface area contributed by atoms with Crippen LogP contribution in [0.4, 0.5) is 0 Å². The van der Waals surface area contributed by atoms with Crippen molar-refractivity contribution in [3.63, 3.8) is 0 Å². The zero-order chi connectivity index (χ0) is 20.2. The summed E-state index contributed by atoms with van der Waals surface area (Å²) in [6.45, 7) is 2.12. The number of aryl methyl sites for hydroxylation is 2. The van der Waals surface area contributed by atoms with Crippen molar-refractivity contribution < 1.29 is 0 Å². The van der Waals surface area contributed by atoms with Gasteiger partial charge < -0.3 is 4.98 Å². The lowest BCUT2D eigenvalue weighted by atomic mass is 10.1. The number of nitrogens with one attached hydrogen (secondary N) is 2. The molecule has 0 radical (unpaired) electrons. The second-order valence-corrected chi connectivity index (χ2v) is 8.59. The Labute approximate surface area is 175 Å². The molecular weight excluding hydrogens is 394 g/mol. The predicted molar refractivity (Wildman–Crippen MR) is 119 cm³/mol. The number of hydrogen-bond acceptors (Lipinski definition) is 5. The molecule has 8 heteroatoms. The number of hydrogen-bond donors (Lipinski definition) is 2. The summed E-state index contributed by atoms with van der Waals surface area (Å²) in [5, 5.41) is 14.0. The first-order chi connectivity index (χ1) is 14.7. The van der Waals surface area contributed by atoms with Gasteiger partial charge in [0.25, 0.3) is 0 Å². The topological polar surface area (TPSA) is 88.1 Å². The van der Waals surface area contributed by atoms with E-state index in [1.165, 1.54) is 15.3 Å². The zero-order valence-electron chi connectivity index (χ0n) is 16.3. The van der Waals surface area contributed by atoms with Crippen molar-refractivity contribution in [2.24, 2.45) is 7.05 Å². The van der Waals surface area contributed by atoms with Gasteiger partial charge in [0.2, 0.25) is 0 Å². The molecule has 0 saturated heterocycles. The van der Waals surface area contributed by atoms with Crippen molar-refractivity contribution in [3.05, 3.63) is 60.0 Å². The average Bonchev–Trinajstić information content (AvgIpc) is 3.52. The summed E-state index contributed by atoms with van der Waals surface area (Å²) in [6.07, 6.45) is 7.43. The van der Waals surface area contributed by atoms with Crippen LogP contribution in [0.25, 0.3) is 55.0 Å². The van der Waals surface area contributed by atoms with Crippen molar-refractivity contribution in [1.29, 1.82) is 0 Å². The van der Waals surface area contributed by atoms with Gasteiger partial charge in [0.1, 0.15) is 11.3 Å². The van der Waals surface area contributed by atoms with E-state index in [-0.39, 0.29) is 0 Å². The number of aromatic amines is 2. The molecule has 0 aliphatic heterocycles. The first-order valence-electron chi connectivity index (χ1n) is 9.54.